The molecule has 3 rings (SSSR count). The molecule has 0 radical (unpaired) electrons. The fourth-order valence-electron chi connectivity index (χ4n) is 2.29. The number of hydrogen-bond donors (Lipinski definition) is 1. The smallest absolute Gasteiger partial charge is 0.199 e. The van der Waals surface area contributed by atoms with E-state index in [-0.39, 0.29) is 0 Å². The molecule has 2 aromatic heterocycles. The minimum Gasteiger partial charge on any atom is -0.478 e. The molecule has 0 aromatic carbocycles. The van der Waals surface area contributed by atoms with Crippen LogP contribution in [0.3, 0.4) is 0 Å². The number of hydrogen-bond acceptors (Lipinski definition) is 3. The van der Waals surface area contributed by atoms with Crippen molar-refractivity contribution in [2.24, 2.45) is 5.92 Å². The first-order chi connectivity index (χ1) is 8.43. The van der Waals surface area contributed by atoms with Gasteiger partial charge in [0.2, 0.25) is 0 Å². The van der Waals surface area contributed by atoms with Crippen LogP contribution in [0.5, 0.6) is 5.88 Å². The number of piperidine rings is 1. The number of imidazole rings is 1. The third-order valence-electron chi connectivity index (χ3n) is 3.32. The van der Waals surface area contributed by atoms with Crippen LogP contribution in [-0.4, -0.2) is 29.1 Å². The molecule has 1 aliphatic rings. The lowest BCUT2D eigenvalue weighted by atomic mass is 9.99. The Bertz CT molecular complexity index is 488. The summed E-state index contributed by atoms with van der Waals surface area (Å²) in [6.07, 6.45) is 6.15. The topological polar surface area (TPSA) is 38.6 Å². The van der Waals surface area contributed by atoms with E-state index in [2.05, 4.69) is 10.3 Å². The minimum atomic E-state index is 0.676. The molecule has 0 unspecified atom stereocenters. The van der Waals surface area contributed by atoms with Crippen LogP contribution in [0.4, 0.5) is 0 Å². The lowest BCUT2D eigenvalue weighted by Crippen LogP contribution is -2.30. The van der Waals surface area contributed by atoms with Crippen LogP contribution in [0.15, 0.2) is 30.6 Å². The second kappa shape index (κ2) is 4.75. The predicted molar refractivity (Wildman–Crippen MR) is 66.3 cm³/mol. The van der Waals surface area contributed by atoms with Gasteiger partial charge in [-0.2, -0.15) is 0 Å². The maximum absolute atomic E-state index is 5.91. The first-order valence-corrected chi connectivity index (χ1v) is 6.19. The quantitative estimate of drug-likeness (QED) is 0.874. The van der Waals surface area contributed by atoms with Gasteiger partial charge in [-0.3, -0.25) is 4.40 Å². The van der Waals surface area contributed by atoms with E-state index in [4.69, 9.17) is 4.74 Å². The van der Waals surface area contributed by atoms with Crippen molar-refractivity contribution in [2.45, 2.75) is 12.8 Å². The van der Waals surface area contributed by atoms with Crippen molar-refractivity contribution in [1.82, 2.24) is 14.7 Å². The van der Waals surface area contributed by atoms with Crippen molar-refractivity contribution in [3.63, 3.8) is 0 Å². The number of aromatic nitrogens is 2. The summed E-state index contributed by atoms with van der Waals surface area (Å²) in [6.45, 7) is 3.03. The molecule has 17 heavy (non-hydrogen) atoms. The van der Waals surface area contributed by atoms with Gasteiger partial charge in [0.15, 0.2) is 5.88 Å². The zero-order valence-corrected chi connectivity index (χ0v) is 9.80. The summed E-state index contributed by atoms with van der Waals surface area (Å²) in [7, 11) is 0. The fourth-order valence-corrected chi connectivity index (χ4v) is 2.29. The van der Waals surface area contributed by atoms with E-state index in [1.54, 1.807) is 6.20 Å². The van der Waals surface area contributed by atoms with Gasteiger partial charge in [-0.25, -0.2) is 4.98 Å². The molecule has 0 spiro atoms. The van der Waals surface area contributed by atoms with Gasteiger partial charge in [0, 0.05) is 12.4 Å². The van der Waals surface area contributed by atoms with Crippen LogP contribution in [0.2, 0.25) is 0 Å². The van der Waals surface area contributed by atoms with E-state index in [9.17, 15) is 0 Å². The maximum Gasteiger partial charge on any atom is 0.199 e. The van der Waals surface area contributed by atoms with E-state index >= 15 is 0 Å². The monoisotopic (exact) mass is 231 g/mol. The molecule has 1 saturated heterocycles. The van der Waals surface area contributed by atoms with Gasteiger partial charge in [-0.05, 0) is 44.0 Å². The van der Waals surface area contributed by atoms with Gasteiger partial charge in [-0.1, -0.05) is 6.07 Å². The molecule has 0 aliphatic carbocycles. The molecule has 0 amide bonds. The van der Waals surface area contributed by atoms with Crippen molar-refractivity contribution in [2.75, 3.05) is 19.7 Å². The van der Waals surface area contributed by atoms with E-state index in [0.717, 1.165) is 31.2 Å². The maximum atomic E-state index is 5.91. The van der Waals surface area contributed by atoms with Crippen LogP contribution in [0, 0.1) is 5.92 Å². The lowest BCUT2D eigenvalue weighted by Gasteiger charge is -2.22. The number of fused-ring (bicyclic) bond motifs is 1. The van der Waals surface area contributed by atoms with Gasteiger partial charge < -0.3 is 10.1 Å². The molecule has 0 bridgehead atoms. The van der Waals surface area contributed by atoms with E-state index < -0.39 is 0 Å². The molecule has 2 aromatic rings. The van der Waals surface area contributed by atoms with Crippen molar-refractivity contribution >= 4 is 5.65 Å². The molecule has 0 atom stereocenters. The largest absolute Gasteiger partial charge is 0.478 e. The van der Waals surface area contributed by atoms with E-state index in [1.807, 2.05) is 28.8 Å². The highest BCUT2D eigenvalue weighted by atomic mass is 16.5. The molecule has 1 aliphatic heterocycles. The van der Waals surface area contributed by atoms with Gasteiger partial charge in [0.25, 0.3) is 0 Å². The SMILES string of the molecule is c1cc(OCC2CCNCC2)n2ccnc2c1. The molecule has 4 heteroatoms. The average molecular weight is 231 g/mol. The molecule has 0 saturated carbocycles. The fraction of sp³-hybridized carbons (Fsp3) is 0.462. The summed E-state index contributed by atoms with van der Waals surface area (Å²) in [6, 6.07) is 5.97. The highest BCUT2D eigenvalue weighted by molar-refractivity contribution is 5.41. The number of nitrogens with zero attached hydrogens (tertiary/aromatic N) is 2. The first-order valence-electron chi connectivity index (χ1n) is 6.19. The summed E-state index contributed by atoms with van der Waals surface area (Å²) in [5.41, 5.74) is 0.938. The standard InChI is InChI=1S/C13H17N3O/c1-2-12-15-8-9-16(12)13(3-1)17-10-11-4-6-14-7-5-11/h1-3,8-9,11,14H,4-7,10H2. The normalized spacial score (nSPS) is 17.4. The third kappa shape index (κ3) is 2.26. The lowest BCUT2D eigenvalue weighted by molar-refractivity contribution is 0.207. The number of rotatable bonds is 3. The van der Waals surface area contributed by atoms with Crippen LogP contribution in [0.25, 0.3) is 5.65 Å². The Kier molecular flexibility index (Phi) is 2.96. The zero-order chi connectivity index (χ0) is 11.5. The summed E-state index contributed by atoms with van der Waals surface area (Å²) in [5.74, 6) is 1.56. The van der Waals surface area contributed by atoms with Gasteiger partial charge in [0.05, 0.1) is 6.61 Å². The number of pyridine rings is 1. The summed E-state index contributed by atoms with van der Waals surface area (Å²) in [4.78, 5) is 4.25. The Labute approximate surface area is 101 Å². The second-order valence-corrected chi connectivity index (χ2v) is 4.52. The number of ether oxygens (including phenoxy) is 1. The van der Waals surface area contributed by atoms with Crippen molar-refractivity contribution in [3.8, 4) is 5.88 Å². The Balaban J connectivity index is 1.69. The van der Waals surface area contributed by atoms with Gasteiger partial charge in [-0.15, -0.1) is 0 Å². The van der Waals surface area contributed by atoms with Crippen LogP contribution in [-0.2, 0) is 0 Å². The average Bonchev–Trinajstić information content (AvgIpc) is 2.86. The third-order valence-corrected chi connectivity index (χ3v) is 3.32. The molecule has 90 valence electrons. The van der Waals surface area contributed by atoms with Crippen LogP contribution >= 0.6 is 0 Å². The Morgan fingerprint density at radius 3 is 3.12 bits per heavy atom. The molecular formula is C13H17N3O. The zero-order valence-electron chi connectivity index (χ0n) is 9.80. The molecular weight excluding hydrogens is 214 g/mol. The Hall–Kier alpha value is -1.55. The molecule has 1 fully saturated rings. The van der Waals surface area contributed by atoms with Gasteiger partial charge >= 0.3 is 0 Å². The predicted octanol–water partition coefficient (Wildman–Crippen LogP) is 1.71. The first kappa shape index (κ1) is 10.6. The molecule has 4 nitrogen and oxygen atoms in total. The Morgan fingerprint density at radius 2 is 2.24 bits per heavy atom. The molecule has 1 N–H and O–H groups in total. The number of nitrogens with one attached hydrogen (secondary N) is 1. The van der Waals surface area contributed by atoms with Gasteiger partial charge in [0.1, 0.15) is 5.65 Å². The van der Waals surface area contributed by atoms with Crippen molar-refractivity contribution < 1.29 is 4.74 Å². The van der Waals surface area contributed by atoms with E-state index in [1.165, 1.54) is 12.8 Å². The molecule has 3 heterocycles. The highest BCUT2D eigenvalue weighted by Gasteiger charge is 2.14. The minimum absolute atomic E-state index is 0.676. The second-order valence-electron chi connectivity index (χ2n) is 4.52. The van der Waals surface area contributed by atoms with Crippen molar-refractivity contribution in [1.29, 1.82) is 0 Å². The summed E-state index contributed by atoms with van der Waals surface area (Å²) in [5, 5.41) is 3.37. The van der Waals surface area contributed by atoms with Crippen molar-refractivity contribution in [3.05, 3.63) is 30.6 Å². The Morgan fingerprint density at radius 1 is 1.35 bits per heavy atom. The van der Waals surface area contributed by atoms with Crippen LogP contribution < -0.4 is 10.1 Å². The van der Waals surface area contributed by atoms with Crippen LogP contribution in [0.1, 0.15) is 12.8 Å². The summed E-state index contributed by atoms with van der Waals surface area (Å²) < 4.78 is 7.90. The summed E-state index contributed by atoms with van der Waals surface area (Å²) >= 11 is 0. The highest BCUT2D eigenvalue weighted by Crippen LogP contribution is 2.17. The van der Waals surface area contributed by atoms with E-state index in [0.29, 0.717) is 5.92 Å².